The molecular weight excluding hydrogens is 266 g/mol. The number of methoxy groups -OCH3 is 2. The Kier molecular flexibility index (Phi) is 5.48. The molecule has 0 aliphatic carbocycles. The number of nitrogens with zero attached hydrogens (tertiary/aromatic N) is 1. The standard InChI is InChI=1S/C17H27NO3/c1-12-7-8-18(13(2)9-12)11-16(19)15-6-5-14(20-3)10-17(15)21-4/h5-6,10,12-13,16,19H,7-9,11H2,1-4H3. The zero-order chi connectivity index (χ0) is 15.4. The topological polar surface area (TPSA) is 41.9 Å². The monoisotopic (exact) mass is 293 g/mol. The summed E-state index contributed by atoms with van der Waals surface area (Å²) in [6.07, 6.45) is 1.87. The third-order valence-electron chi connectivity index (χ3n) is 4.48. The Bertz CT molecular complexity index is 463. The first-order chi connectivity index (χ1) is 10.0. The summed E-state index contributed by atoms with van der Waals surface area (Å²) in [5.74, 6) is 2.20. The first-order valence-electron chi connectivity index (χ1n) is 7.69. The first kappa shape index (κ1) is 16.1. The van der Waals surface area contributed by atoms with Crippen LogP contribution in [0.25, 0.3) is 0 Å². The molecule has 3 atom stereocenters. The maximum Gasteiger partial charge on any atom is 0.128 e. The predicted octanol–water partition coefficient (Wildman–Crippen LogP) is 2.86. The maximum absolute atomic E-state index is 10.6. The summed E-state index contributed by atoms with van der Waals surface area (Å²) in [6, 6.07) is 6.09. The molecule has 0 bridgehead atoms. The van der Waals surface area contributed by atoms with Gasteiger partial charge in [0.25, 0.3) is 0 Å². The molecule has 1 aromatic carbocycles. The van der Waals surface area contributed by atoms with Gasteiger partial charge in [-0.25, -0.2) is 0 Å². The normalized spacial score (nSPS) is 24.6. The first-order valence-corrected chi connectivity index (χ1v) is 7.69. The fourth-order valence-electron chi connectivity index (χ4n) is 3.14. The Morgan fingerprint density at radius 2 is 2.05 bits per heavy atom. The third-order valence-corrected chi connectivity index (χ3v) is 4.48. The van der Waals surface area contributed by atoms with Crippen LogP contribution in [0.3, 0.4) is 0 Å². The van der Waals surface area contributed by atoms with Gasteiger partial charge in [-0.1, -0.05) is 6.92 Å². The maximum atomic E-state index is 10.6. The predicted molar refractivity (Wildman–Crippen MR) is 83.9 cm³/mol. The fourth-order valence-corrected chi connectivity index (χ4v) is 3.14. The van der Waals surface area contributed by atoms with Crippen LogP contribution in [-0.4, -0.2) is 43.4 Å². The number of β-amino-alcohol motifs (C(OH)–C–C–N with tert-alkyl or cyclic N) is 1. The lowest BCUT2D eigenvalue weighted by Gasteiger charge is -2.37. The van der Waals surface area contributed by atoms with Crippen LogP contribution in [-0.2, 0) is 0 Å². The van der Waals surface area contributed by atoms with Crippen molar-refractivity contribution in [3.05, 3.63) is 23.8 Å². The number of piperidine rings is 1. The van der Waals surface area contributed by atoms with Gasteiger partial charge >= 0.3 is 0 Å². The summed E-state index contributed by atoms with van der Waals surface area (Å²) in [5, 5.41) is 10.6. The lowest BCUT2D eigenvalue weighted by molar-refractivity contribution is 0.0589. The summed E-state index contributed by atoms with van der Waals surface area (Å²) >= 11 is 0. The second-order valence-electron chi connectivity index (χ2n) is 6.10. The van der Waals surface area contributed by atoms with E-state index in [4.69, 9.17) is 9.47 Å². The summed E-state index contributed by atoms with van der Waals surface area (Å²) in [7, 11) is 3.25. The molecule has 0 saturated carbocycles. The summed E-state index contributed by atoms with van der Waals surface area (Å²) in [6.45, 7) is 6.25. The number of likely N-dealkylation sites (tertiary alicyclic amines) is 1. The fraction of sp³-hybridized carbons (Fsp3) is 0.647. The molecule has 0 amide bonds. The molecular formula is C17H27NO3. The summed E-state index contributed by atoms with van der Waals surface area (Å²) in [5.41, 5.74) is 0.823. The van der Waals surface area contributed by atoms with Gasteiger partial charge in [0.1, 0.15) is 11.5 Å². The van der Waals surface area contributed by atoms with Crippen molar-refractivity contribution in [2.24, 2.45) is 5.92 Å². The van der Waals surface area contributed by atoms with Gasteiger partial charge in [0.15, 0.2) is 0 Å². The molecule has 0 radical (unpaired) electrons. The number of benzene rings is 1. The lowest BCUT2D eigenvalue weighted by atomic mass is 9.93. The zero-order valence-corrected chi connectivity index (χ0v) is 13.5. The van der Waals surface area contributed by atoms with Crippen molar-refractivity contribution >= 4 is 0 Å². The van der Waals surface area contributed by atoms with Crippen molar-refractivity contribution in [2.75, 3.05) is 27.3 Å². The number of hydrogen-bond acceptors (Lipinski definition) is 4. The van der Waals surface area contributed by atoms with Crippen LogP contribution in [0.1, 0.15) is 38.4 Å². The molecule has 0 spiro atoms. The molecule has 4 heteroatoms. The molecule has 3 unspecified atom stereocenters. The van der Waals surface area contributed by atoms with E-state index in [1.54, 1.807) is 14.2 Å². The van der Waals surface area contributed by atoms with E-state index in [1.165, 1.54) is 12.8 Å². The molecule has 2 rings (SSSR count). The SMILES string of the molecule is COc1ccc(C(O)CN2CCC(C)CC2C)c(OC)c1. The van der Waals surface area contributed by atoms with Gasteiger partial charge in [0, 0.05) is 24.2 Å². The van der Waals surface area contributed by atoms with Gasteiger partial charge in [-0.15, -0.1) is 0 Å². The van der Waals surface area contributed by atoms with E-state index in [-0.39, 0.29) is 0 Å². The Balaban J connectivity index is 2.07. The van der Waals surface area contributed by atoms with Crippen LogP contribution in [0.2, 0.25) is 0 Å². The largest absolute Gasteiger partial charge is 0.497 e. The van der Waals surface area contributed by atoms with E-state index in [0.717, 1.165) is 23.8 Å². The van der Waals surface area contributed by atoms with E-state index in [0.29, 0.717) is 18.3 Å². The highest BCUT2D eigenvalue weighted by molar-refractivity contribution is 5.42. The van der Waals surface area contributed by atoms with Crippen LogP contribution >= 0.6 is 0 Å². The zero-order valence-electron chi connectivity index (χ0n) is 13.5. The number of aliphatic hydroxyl groups excluding tert-OH is 1. The van der Waals surface area contributed by atoms with E-state index >= 15 is 0 Å². The highest BCUT2D eigenvalue weighted by atomic mass is 16.5. The summed E-state index contributed by atoms with van der Waals surface area (Å²) in [4.78, 5) is 2.37. The minimum atomic E-state index is -0.540. The Labute approximate surface area is 127 Å². The van der Waals surface area contributed by atoms with Crippen LogP contribution in [0.5, 0.6) is 11.5 Å². The van der Waals surface area contributed by atoms with Crippen LogP contribution < -0.4 is 9.47 Å². The molecule has 118 valence electrons. The number of ether oxygens (including phenoxy) is 2. The number of hydrogen-bond donors (Lipinski definition) is 1. The van der Waals surface area contributed by atoms with Crippen molar-refractivity contribution < 1.29 is 14.6 Å². The van der Waals surface area contributed by atoms with Crippen LogP contribution in [0.15, 0.2) is 18.2 Å². The van der Waals surface area contributed by atoms with E-state index in [1.807, 2.05) is 18.2 Å². The third kappa shape index (κ3) is 3.89. The van der Waals surface area contributed by atoms with Crippen molar-refractivity contribution in [1.29, 1.82) is 0 Å². The van der Waals surface area contributed by atoms with E-state index in [9.17, 15) is 5.11 Å². The van der Waals surface area contributed by atoms with Crippen LogP contribution in [0, 0.1) is 5.92 Å². The Morgan fingerprint density at radius 1 is 1.29 bits per heavy atom. The highest BCUT2D eigenvalue weighted by Crippen LogP contribution is 2.31. The molecule has 4 nitrogen and oxygen atoms in total. The molecule has 21 heavy (non-hydrogen) atoms. The van der Waals surface area contributed by atoms with Gasteiger partial charge in [0.2, 0.25) is 0 Å². The second kappa shape index (κ2) is 7.14. The van der Waals surface area contributed by atoms with Crippen molar-refractivity contribution in [3.8, 4) is 11.5 Å². The average Bonchev–Trinajstić information content (AvgIpc) is 2.49. The molecule has 1 N–H and O–H groups in total. The molecule has 1 aromatic rings. The van der Waals surface area contributed by atoms with Gasteiger partial charge in [0.05, 0.1) is 20.3 Å². The molecule has 0 aromatic heterocycles. The smallest absolute Gasteiger partial charge is 0.128 e. The van der Waals surface area contributed by atoms with Gasteiger partial charge in [-0.05, 0) is 44.4 Å². The van der Waals surface area contributed by atoms with E-state index < -0.39 is 6.10 Å². The van der Waals surface area contributed by atoms with Crippen molar-refractivity contribution in [1.82, 2.24) is 4.90 Å². The number of rotatable bonds is 5. The quantitative estimate of drug-likeness (QED) is 0.906. The molecule has 1 heterocycles. The van der Waals surface area contributed by atoms with Gasteiger partial charge in [-0.2, -0.15) is 0 Å². The van der Waals surface area contributed by atoms with Crippen molar-refractivity contribution in [2.45, 2.75) is 38.8 Å². The molecule has 1 saturated heterocycles. The van der Waals surface area contributed by atoms with Gasteiger partial charge in [-0.3, -0.25) is 4.90 Å². The summed E-state index contributed by atoms with van der Waals surface area (Å²) < 4.78 is 10.6. The Morgan fingerprint density at radius 3 is 2.67 bits per heavy atom. The lowest BCUT2D eigenvalue weighted by Crippen LogP contribution is -2.42. The average molecular weight is 293 g/mol. The Hall–Kier alpha value is -1.26. The molecule has 1 fully saturated rings. The van der Waals surface area contributed by atoms with Gasteiger partial charge < -0.3 is 14.6 Å². The molecule has 1 aliphatic rings. The minimum Gasteiger partial charge on any atom is -0.497 e. The molecule has 1 aliphatic heterocycles. The van der Waals surface area contributed by atoms with E-state index in [2.05, 4.69) is 18.7 Å². The highest BCUT2D eigenvalue weighted by Gasteiger charge is 2.26. The van der Waals surface area contributed by atoms with Crippen LogP contribution in [0.4, 0.5) is 0 Å². The number of aliphatic hydroxyl groups is 1. The minimum absolute atomic E-state index is 0.521. The second-order valence-corrected chi connectivity index (χ2v) is 6.10. The van der Waals surface area contributed by atoms with Crippen molar-refractivity contribution in [3.63, 3.8) is 0 Å².